The molecule has 1 rings (SSSR count). The first kappa shape index (κ1) is 35.6. The first-order valence-electron chi connectivity index (χ1n) is 12.6. The zero-order chi connectivity index (χ0) is 32.0. The van der Waals surface area contributed by atoms with E-state index in [2.05, 4.69) is 21.3 Å². The Balaban J connectivity index is 3.03. The van der Waals surface area contributed by atoms with Crippen LogP contribution >= 0.6 is 11.8 Å². The van der Waals surface area contributed by atoms with E-state index < -0.39 is 84.5 Å². The van der Waals surface area contributed by atoms with Crippen LogP contribution in [-0.2, 0) is 40.0 Å². The van der Waals surface area contributed by atoms with Crippen LogP contribution in [0.3, 0.4) is 0 Å². The van der Waals surface area contributed by atoms with Crippen LogP contribution in [0.25, 0.3) is 0 Å². The molecule has 16 nitrogen and oxygen atoms in total. The smallest absolute Gasteiger partial charge is 0.326 e. The van der Waals surface area contributed by atoms with Crippen molar-refractivity contribution < 1.29 is 48.9 Å². The number of nitrogens with one attached hydrogen (secondary N) is 4. The Hall–Kier alpha value is -4.38. The molecule has 0 saturated carbocycles. The van der Waals surface area contributed by atoms with Crippen molar-refractivity contribution in [2.75, 3.05) is 12.0 Å². The van der Waals surface area contributed by atoms with Crippen molar-refractivity contribution in [1.29, 1.82) is 0 Å². The van der Waals surface area contributed by atoms with Crippen LogP contribution in [0.5, 0.6) is 5.75 Å². The van der Waals surface area contributed by atoms with Crippen LogP contribution in [0.4, 0.5) is 0 Å². The van der Waals surface area contributed by atoms with Crippen molar-refractivity contribution in [2.24, 2.45) is 11.5 Å². The predicted octanol–water partition coefficient (Wildman–Crippen LogP) is -2.59. The Labute approximate surface area is 245 Å². The van der Waals surface area contributed by atoms with Gasteiger partial charge in [-0.3, -0.25) is 28.8 Å². The van der Waals surface area contributed by atoms with Gasteiger partial charge in [-0.05, 0) is 43.0 Å². The van der Waals surface area contributed by atoms with Gasteiger partial charge in [-0.1, -0.05) is 12.1 Å². The molecule has 1 aromatic carbocycles. The minimum Gasteiger partial charge on any atom is -0.508 e. The van der Waals surface area contributed by atoms with Crippen LogP contribution in [0.2, 0.25) is 0 Å². The molecule has 0 radical (unpaired) electrons. The number of aromatic hydroxyl groups is 1. The first-order chi connectivity index (χ1) is 19.6. The second-order valence-electron chi connectivity index (χ2n) is 9.28. The lowest BCUT2D eigenvalue weighted by Gasteiger charge is -2.25. The summed E-state index contributed by atoms with van der Waals surface area (Å²) in [5.74, 6) is -6.88. The van der Waals surface area contributed by atoms with E-state index in [9.17, 15) is 43.8 Å². The number of thioether (sulfide) groups is 1. The van der Waals surface area contributed by atoms with Crippen LogP contribution in [0, 0.1) is 0 Å². The molecule has 0 aromatic heterocycles. The number of benzene rings is 1. The summed E-state index contributed by atoms with van der Waals surface area (Å²) >= 11 is 1.35. The second-order valence-corrected chi connectivity index (χ2v) is 10.3. The molecule has 0 fully saturated rings. The fraction of sp³-hybridized carbons (Fsp3) is 0.480. The van der Waals surface area contributed by atoms with Gasteiger partial charge in [0.15, 0.2) is 0 Å². The number of carboxylic acids is 2. The summed E-state index contributed by atoms with van der Waals surface area (Å²) in [6.07, 6.45) is 0.364. The van der Waals surface area contributed by atoms with E-state index in [1.807, 2.05) is 0 Å². The van der Waals surface area contributed by atoms with Crippen molar-refractivity contribution in [3.63, 3.8) is 0 Å². The van der Waals surface area contributed by atoms with Gasteiger partial charge >= 0.3 is 11.9 Å². The van der Waals surface area contributed by atoms with E-state index in [4.69, 9.17) is 16.6 Å². The van der Waals surface area contributed by atoms with E-state index in [-0.39, 0.29) is 18.6 Å². The summed E-state index contributed by atoms with van der Waals surface area (Å²) in [6.45, 7) is 1.31. The third kappa shape index (κ3) is 12.9. The number of aliphatic carboxylic acids is 2. The van der Waals surface area contributed by atoms with E-state index in [0.717, 1.165) is 0 Å². The van der Waals surface area contributed by atoms with Gasteiger partial charge in [0, 0.05) is 6.42 Å². The molecule has 11 N–H and O–H groups in total. The summed E-state index contributed by atoms with van der Waals surface area (Å²) in [5, 5.41) is 37.1. The topological polar surface area (TPSA) is 280 Å². The summed E-state index contributed by atoms with van der Waals surface area (Å²) in [5.41, 5.74) is 11.2. The van der Waals surface area contributed by atoms with Crippen LogP contribution in [0.1, 0.15) is 31.7 Å². The highest BCUT2D eigenvalue weighted by molar-refractivity contribution is 7.98. The normalized spacial score (nSPS) is 14.3. The monoisotopic (exact) mass is 612 g/mol. The minimum absolute atomic E-state index is 0.0399. The van der Waals surface area contributed by atoms with Gasteiger partial charge in [0.2, 0.25) is 29.5 Å². The van der Waals surface area contributed by atoms with Crippen LogP contribution in [0.15, 0.2) is 24.3 Å². The molecular formula is C25H36N6O10S. The zero-order valence-corrected chi connectivity index (χ0v) is 23.8. The number of nitrogens with two attached hydrogens (primary N) is 2. The van der Waals surface area contributed by atoms with E-state index in [1.54, 1.807) is 6.26 Å². The molecule has 1 aromatic rings. The molecular weight excluding hydrogens is 576 g/mol. The maximum Gasteiger partial charge on any atom is 0.326 e. The van der Waals surface area contributed by atoms with Crippen molar-refractivity contribution in [1.82, 2.24) is 21.3 Å². The highest BCUT2D eigenvalue weighted by Crippen LogP contribution is 2.12. The summed E-state index contributed by atoms with van der Waals surface area (Å²) in [4.78, 5) is 84.8. The third-order valence-electron chi connectivity index (χ3n) is 5.76. The Kier molecular flexibility index (Phi) is 14.8. The number of phenolic OH excluding ortho intramolecular Hbond substituents is 1. The second kappa shape index (κ2) is 17.4. The molecule has 0 bridgehead atoms. The van der Waals surface area contributed by atoms with Crippen molar-refractivity contribution in [3.8, 4) is 5.75 Å². The number of carbonyl (C=O) groups excluding carboxylic acids is 5. The Morgan fingerprint density at radius 2 is 1.36 bits per heavy atom. The number of hydrogen-bond acceptors (Lipinski definition) is 10. The third-order valence-corrected chi connectivity index (χ3v) is 6.40. The molecule has 5 amide bonds. The number of carboxylic acid groups (broad SMARTS) is 2. The maximum absolute atomic E-state index is 13.1. The molecule has 0 unspecified atom stereocenters. The van der Waals surface area contributed by atoms with Gasteiger partial charge in [-0.2, -0.15) is 11.8 Å². The molecule has 0 spiro atoms. The van der Waals surface area contributed by atoms with E-state index in [1.165, 1.54) is 43.0 Å². The van der Waals surface area contributed by atoms with Gasteiger partial charge in [0.25, 0.3) is 0 Å². The Morgan fingerprint density at radius 3 is 1.88 bits per heavy atom. The lowest BCUT2D eigenvalue weighted by Crippen LogP contribution is -2.58. The van der Waals surface area contributed by atoms with Gasteiger partial charge in [-0.25, -0.2) is 4.79 Å². The van der Waals surface area contributed by atoms with Crippen LogP contribution < -0.4 is 32.7 Å². The fourth-order valence-electron chi connectivity index (χ4n) is 3.49. The number of primary amides is 1. The highest BCUT2D eigenvalue weighted by atomic mass is 32.2. The highest BCUT2D eigenvalue weighted by Gasteiger charge is 2.31. The summed E-state index contributed by atoms with van der Waals surface area (Å²) in [6, 6.07) is -1.16. The molecule has 0 aliphatic carbocycles. The number of amides is 5. The average molecular weight is 613 g/mol. The quantitative estimate of drug-likeness (QED) is 0.0826. The number of phenols is 1. The van der Waals surface area contributed by atoms with E-state index in [0.29, 0.717) is 11.3 Å². The van der Waals surface area contributed by atoms with Gasteiger partial charge in [0.1, 0.15) is 29.9 Å². The lowest BCUT2D eigenvalue weighted by atomic mass is 10.0. The van der Waals surface area contributed by atoms with Crippen molar-refractivity contribution in [3.05, 3.63) is 29.8 Å². The van der Waals surface area contributed by atoms with Crippen molar-refractivity contribution in [2.45, 2.75) is 62.8 Å². The SMILES string of the molecule is CSCC[C@H](NC(=O)[C@H](C)NC(=O)[C@H](Cc1ccc(O)cc1)NC(=O)[C@@H](N)CC(=O)O)C(=O)N[C@@H](CC(N)=O)C(=O)O. The average Bonchev–Trinajstić information content (AvgIpc) is 2.90. The summed E-state index contributed by atoms with van der Waals surface area (Å²) < 4.78 is 0. The maximum atomic E-state index is 13.1. The molecule has 0 heterocycles. The number of rotatable bonds is 18. The molecule has 0 saturated heterocycles. The van der Waals surface area contributed by atoms with E-state index >= 15 is 0 Å². The predicted molar refractivity (Wildman–Crippen MR) is 150 cm³/mol. The zero-order valence-electron chi connectivity index (χ0n) is 23.0. The molecule has 17 heteroatoms. The fourth-order valence-corrected chi connectivity index (χ4v) is 3.96. The van der Waals surface area contributed by atoms with Gasteiger partial charge in [0.05, 0.1) is 18.9 Å². The first-order valence-corrected chi connectivity index (χ1v) is 14.0. The molecule has 232 valence electrons. The standard InChI is InChI=1S/C25H36N6O10S/c1-12(21(36)29-16(7-8-42-2)23(38)31-18(25(40)41)11-19(27)33)28-24(39)17(9-13-3-5-14(32)6-4-13)30-22(37)15(26)10-20(34)35/h3-6,12,15-18,32H,7-11,26H2,1-2H3,(H2,27,33)(H,28,39)(H,29,36)(H,30,37)(H,31,38)(H,34,35)(H,40,41)/t12-,15-,16-,17-,18-/m0/s1. The Bertz CT molecular complexity index is 1150. The lowest BCUT2D eigenvalue weighted by molar-refractivity contribution is -0.143. The van der Waals surface area contributed by atoms with Gasteiger partial charge in [-0.15, -0.1) is 0 Å². The largest absolute Gasteiger partial charge is 0.508 e. The molecule has 0 aliphatic rings. The van der Waals surface area contributed by atoms with Crippen LogP contribution in [-0.4, -0.2) is 99.0 Å². The molecule has 5 atom stereocenters. The Morgan fingerprint density at radius 1 is 0.810 bits per heavy atom. The summed E-state index contributed by atoms with van der Waals surface area (Å²) in [7, 11) is 0. The molecule has 0 aliphatic heterocycles. The number of hydrogen-bond donors (Lipinski definition) is 9. The van der Waals surface area contributed by atoms with Crippen molar-refractivity contribution >= 4 is 53.2 Å². The molecule has 42 heavy (non-hydrogen) atoms. The van der Waals surface area contributed by atoms with Gasteiger partial charge < -0.3 is 48.1 Å². The minimum atomic E-state index is -1.61. The number of carbonyl (C=O) groups is 7.